The summed E-state index contributed by atoms with van der Waals surface area (Å²) in [7, 11) is 0. The summed E-state index contributed by atoms with van der Waals surface area (Å²) in [5.74, 6) is 4.32. The minimum absolute atomic E-state index is 0.0453. The molecule has 0 aliphatic carbocycles. The standard InChI is InChI=1S/C12H24O.C12H22O/c2*1-8(2)11-10(5)7-12(6,13-11)9(3)4/h8-11H,7H2,1-6H3;8-9H,7H2,1-6H3/t10?,11?,12-;12-/m00/s1. The van der Waals surface area contributed by atoms with Crippen molar-refractivity contribution in [1.29, 1.82) is 0 Å². The van der Waals surface area contributed by atoms with Crippen molar-refractivity contribution < 1.29 is 9.47 Å². The SMILES string of the molecule is CC(C)C1O[C@](C)(C(C)C)CC1C.CC1=C(C(C)C)O[C@](C)(C(C)C)C1. The molecule has 0 radical (unpaired) electrons. The zero-order valence-electron chi connectivity index (χ0n) is 19.7. The second kappa shape index (κ2) is 8.67. The van der Waals surface area contributed by atoms with Crippen molar-refractivity contribution in [3.8, 4) is 0 Å². The average molecular weight is 367 g/mol. The Balaban J connectivity index is 0.000000260. The van der Waals surface area contributed by atoms with Gasteiger partial charge in [-0.1, -0.05) is 62.3 Å². The van der Waals surface area contributed by atoms with Crippen LogP contribution in [0.1, 0.15) is 95.9 Å². The Kier molecular flexibility index (Phi) is 7.85. The maximum absolute atomic E-state index is 6.18. The smallest absolute Gasteiger partial charge is 0.112 e. The second-order valence-electron chi connectivity index (χ2n) is 10.5. The lowest BCUT2D eigenvalue weighted by Crippen LogP contribution is -2.32. The van der Waals surface area contributed by atoms with E-state index in [1.807, 2.05) is 0 Å². The first kappa shape index (κ1) is 23.5. The van der Waals surface area contributed by atoms with E-state index in [1.54, 1.807) is 0 Å². The van der Waals surface area contributed by atoms with E-state index in [1.165, 1.54) is 17.8 Å². The molecule has 0 amide bonds. The van der Waals surface area contributed by atoms with Gasteiger partial charge < -0.3 is 9.47 Å². The third-order valence-corrected chi connectivity index (χ3v) is 6.70. The number of ether oxygens (including phenoxy) is 2. The van der Waals surface area contributed by atoms with E-state index in [-0.39, 0.29) is 11.2 Å². The Labute approximate surface area is 164 Å². The van der Waals surface area contributed by atoms with Gasteiger partial charge in [-0.2, -0.15) is 0 Å². The molecule has 2 nitrogen and oxygen atoms in total. The van der Waals surface area contributed by atoms with Crippen LogP contribution in [0.25, 0.3) is 0 Å². The largest absolute Gasteiger partial charge is 0.491 e. The molecule has 0 N–H and O–H groups in total. The van der Waals surface area contributed by atoms with E-state index in [2.05, 4.69) is 83.1 Å². The molecule has 1 fully saturated rings. The quantitative estimate of drug-likeness (QED) is 0.522. The van der Waals surface area contributed by atoms with Crippen LogP contribution in [0.4, 0.5) is 0 Å². The van der Waals surface area contributed by atoms with Crippen LogP contribution in [0.5, 0.6) is 0 Å². The summed E-state index contributed by atoms with van der Waals surface area (Å²) in [6, 6.07) is 0. The van der Waals surface area contributed by atoms with Gasteiger partial charge in [0.05, 0.1) is 17.5 Å². The lowest BCUT2D eigenvalue weighted by Gasteiger charge is -2.30. The lowest BCUT2D eigenvalue weighted by molar-refractivity contribution is -0.0762. The molecule has 154 valence electrons. The van der Waals surface area contributed by atoms with Gasteiger partial charge in [-0.15, -0.1) is 0 Å². The molecule has 1 saturated heterocycles. The summed E-state index contributed by atoms with van der Waals surface area (Å²) in [5, 5.41) is 0. The Morgan fingerprint density at radius 3 is 1.62 bits per heavy atom. The van der Waals surface area contributed by atoms with Crippen LogP contribution in [0, 0.1) is 29.6 Å². The molecule has 2 aliphatic rings. The van der Waals surface area contributed by atoms with Gasteiger partial charge in [-0.3, -0.25) is 0 Å². The normalized spacial score (nSPS) is 34.8. The zero-order valence-corrected chi connectivity index (χ0v) is 19.7. The molecule has 0 spiro atoms. The number of allylic oxidation sites excluding steroid dienone is 1. The first-order valence-electron chi connectivity index (χ1n) is 10.8. The first-order chi connectivity index (χ1) is 11.7. The Morgan fingerprint density at radius 2 is 1.38 bits per heavy atom. The zero-order chi connectivity index (χ0) is 20.4. The van der Waals surface area contributed by atoms with Crippen LogP contribution in [0.15, 0.2) is 11.3 Å². The van der Waals surface area contributed by atoms with E-state index in [0.717, 1.165) is 6.42 Å². The first-order valence-corrected chi connectivity index (χ1v) is 10.8. The lowest BCUT2D eigenvalue weighted by atomic mass is 9.84. The molecule has 26 heavy (non-hydrogen) atoms. The Hall–Kier alpha value is -0.500. The number of rotatable bonds is 4. The fraction of sp³-hybridized carbons (Fsp3) is 0.917. The van der Waals surface area contributed by atoms with E-state index >= 15 is 0 Å². The number of hydrogen-bond acceptors (Lipinski definition) is 2. The monoisotopic (exact) mass is 366 g/mol. The topological polar surface area (TPSA) is 18.5 Å². The third kappa shape index (κ3) is 5.27. The highest BCUT2D eigenvalue weighted by Gasteiger charge is 2.44. The highest BCUT2D eigenvalue weighted by Crippen LogP contribution is 2.42. The van der Waals surface area contributed by atoms with E-state index < -0.39 is 0 Å². The summed E-state index contributed by atoms with van der Waals surface area (Å²) < 4.78 is 12.2. The van der Waals surface area contributed by atoms with Crippen molar-refractivity contribution in [3.63, 3.8) is 0 Å². The summed E-state index contributed by atoms with van der Waals surface area (Å²) >= 11 is 0. The maximum Gasteiger partial charge on any atom is 0.112 e. The van der Waals surface area contributed by atoms with Gasteiger partial charge in [0.25, 0.3) is 0 Å². The molecular formula is C24H46O2. The average Bonchev–Trinajstić information content (AvgIpc) is 2.98. The van der Waals surface area contributed by atoms with E-state index in [4.69, 9.17) is 9.47 Å². The van der Waals surface area contributed by atoms with Crippen LogP contribution in [0.2, 0.25) is 0 Å². The Morgan fingerprint density at radius 1 is 0.885 bits per heavy atom. The molecule has 0 saturated carbocycles. The van der Waals surface area contributed by atoms with Crippen LogP contribution in [0.3, 0.4) is 0 Å². The molecule has 0 aromatic carbocycles. The Bertz CT molecular complexity index is 480. The fourth-order valence-electron chi connectivity index (χ4n) is 4.32. The fourth-order valence-corrected chi connectivity index (χ4v) is 4.32. The predicted molar refractivity (Wildman–Crippen MR) is 113 cm³/mol. The van der Waals surface area contributed by atoms with Crippen molar-refractivity contribution in [1.82, 2.24) is 0 Å². The molecule has 2 unspecified atom stereocenters. The molecule has 0 bridgehead atoms. The van der Waals surface area contributed by atoms with Gasteiger partial charge in [0.1, 0.15) is 5.60 Å². The van der Waals surface area contributed by atoms with Crippen molar-refractivity contribution in [2.24, 2.45) is 29.6 Å². The van der Waals surface area contributed by atoms with Crippen LogP contribution >= 0.6 is 0 Å². The van der Waals surface area contributed by atoms with Gasteiger partial charge in [0.15, 0.2) is 0 Å². The highest BCUT2D eigenvalue weighted by molar-refractivity contribution is 5.18. The predicted octanol–water partition coefficient (Wildman–Crippen LogP) is 7.23. The third-order valence-electron chi connectivity index (χ3n) is 6.70. The van der Waals surface area contributed by atoms with Crippen molar-refractivity contribution in [3.05, 3.63) is 11.3 Å². The van der Waals surface area contributed by atoms with Gasteiger partial charge in [0.2, 0.25) is 0 Å². The minimum Gasteiger partial charge on any atom is -0.491 e. The highest BCUT2D eigenvalue weighted by atomic mass is 16.5. The number of hydrogen-bond donors (Lipinski definition) is 0. The van der Waals surface area contributed by atoms with Crippen LogP contribution in [-0.4, -0.2) is 17.3 Å². The molecule has 2 rings (SSSR count). The molecule has 2 aliphatic heterocycles. The van der Waals surface area contributed by atoms with Gasteiger partial charge >= 0.3 is 0 Å². The van der Waals surface area contributed by atoms with E-state index in [9.17, 15) is 0 Å². The van der Waals surface area contributed by atoms with Gasteiger partial charge in [-0.25, -0.2) is 0 Å². The van der Waals surface area contributed by atoms with Gasteiger partial charge in [-0.05, 0) is 56.4 Å². The van der Waals surface area contributed by atoms with E-state index in [0.29, 0.717) is 35.7 Å². The second-order valence-corrected chi connectivity index (χ2v) is 10.5. The summed E-state index contributed by atoms with van der Waals surface area (Å²) in [5.41, 5.74) is 1.60. The molecule has 2 heteroatoms. The summed E-state index contributed by atoms with van der Waals surface area (Å²) in [4.78, 5) is 0. The molecule has 2 heterocycles. The minimum atomic E-state index is 0.0453. The molecular weight excluding hydrogens is 320 g/mol. The summed E-state index contributed by atoms with van der Waals surface area (Å²) in [6.07, 6.45) is 2.78. The van der Waals surface area contributed by atoms with Crippen molar-refractivity contribution in [2.75, 3.05) is 0 Å². The van der Waals surface area contributed by atoms with Crippen LogP contribution < -0.4 is 0 Å². The molecule has 0 aromatic heterocycles. The molecule has 0 aromatic rings. The maximum atomic E-state index is 6.18. The van der Waals surface area contributed by atoms with Crippen molar-refractivity contribution >= 4 is 0 Å². The van der Waals surface area contributed by atoms with Crippen molar-refractivity contribution in [2.45, 2.75) is 113 Å². The molecule has 4 atom stereocenters. The van der Waals surface area contributed by atoms with Gasteiger partial charge in [0, 0.05) is 12.3 Å². The van der Waals surface area contributed by atoms with Crippen LogP contribution in [-0.2, 0) is 9.47 Å². The summed E-state index contributed by atoms with van der Waals surface area (Å²) in [6.45, 7) is 26.9.